The van der Waals surface area contributed by atoms with E-state index in [2.05, 4.69) is 57.5 Å². The average Bonchev–Trinajstić information content (AvgIpc) is 3.20. The molecule has 1 aliphatic heterocycles. The minimum absolute atomic E-state index is 0.00514. The summed E-state index contributed by atoms with van der Waals surface area (Å²) in [5.41, 5.74) is 4.40. The van der Waals surface area contributed by atoms with Crippen molar-refractivity contribution in [1.29, 1.82) is 0 Å². The lowest BCUT2D eigenvalue weighted by molar-refractivity contribution is 0.102. The number of benzene rings is 1. The van der Waals surface area contributed by atoms with Crippen molar-refractivity contribution < 1.29 is 9.82 Å². The zero-order valence-corrected chi connectivity index (χ0v) is 21.7. The van der Waals surface area contributed by atoms with Crippen LogP contribution in [0.25, 0.3) is 0 Å². The lowest BCUT2D eigenvalue weighted by Crippen LogP contribution is -2.51. The van der Waals surface area contributed by atoms with E-state index in [1.807, 2.05) is 17.8 Å². The number of carbonyl (C=O) groups excluding carboxylic acids is 1. The molecule has 0 spiro atoms. The normalized spacial score (nSPS) is 14.2. The number of anilines is 4. The molecule has 4 rings (SSSR count). The summed E-state index contributed by atoms with van der Waals surface area (Å²) in [5, 5.41) is 17.1. The predicted octanol–water partition coefficient (Wildman–Crippen LogP) is 3.65. The lowest BCUT2D eigenvalue weighted by Gasteiger charge is -2.36. The van der Waals surface area contributed by atoms with Crippen molar-refractivity contribution in [3.05, 3.63) is 51.5 Å². The van der Waals surface area contributed by atoms with E-state index in [9.17, 15) is 9.82 Å². The minimum atomic E-state index is -0.460. The fourth-order valence-electron chi connectivity index (χ4n) is 4.05. The van der Waals surface area contributed by atoms with Crippen LogP contribution in [0.2, 0.25) is 6.82 Å². The molecule has 3 aromatic rings. The Kier molecular flexibility index (Phi) is 7.68. The first kappa shape index (κ1) is 25.1. The monoisotopic (exact) mass is 493 g/mol. The highest BCUT2D eigenvalue weighted by Gasteiger charge is 2.24. The summed E-state index contributed by atoms with van der Waals surface area (Å²) >= 11 is 1.31. The molecule has 1 aliphatic rings. The zero-order valence-electron chi connectivity index (χ0n) is 20.9. The second-order valence-electron chi connectivity index (χ2n) is 8.98. The molecule has 0 unspecified atom stereocenters. The topological polar surface area (TPSA) is 107 Å². The van der Waals surface area contributed by atoms with E-state index in [0.717, 1.165) is 32.0 Å². The number of hydrogen-bond donors (Lipinski definition) is 3. The summed E-state index contributed by atoms with van der Waals surface area (Å²) in [6.07, 6.45) is 0. The molecule has 0 aliphatic carbocycles. The number of aromatic nitrogens is 3. The lowest BCUT2D eigenvalue weighted by atomic mass is 9.84. The molecule has 1 fully saturated rings. The van der Waals surface area contributed by atoms with Crippen molar-refractivity contribution in [1.82, 2.24) is 19.8 Å². The van der Waals surface area contributed by atoms with Crippen LogP contribution in [-0.2, 0) is 6.54 Å². The van der Waals surface area contributed by atoms with Crippen LogP contribution in [-0.4, -0.2) is 63.8 Å². The van der Waals surface area contributed by atoms with Crippen LogP contribution in [0.1, 0.15) is 39.0 Å². The van der Waals surface area contributed by atoms with Crippen molar-refractivity contribution in [2.45, 2.75) is 41.1 Å². The highest BCUT2D eigenvalue weighted by molar-refractivity contribution is 7.17. The number of piperazine rings is 1. The second kappa shape index (κ2) is 10.7. The third kappa shape index (κ3) is 6.16. The van der Waals surface area contributed by atoms with Gasteiger partial charge in [0.05, 0.1) is 10.6 Å². The molecular weight excluding hydrogens is 461 g/mol. The van der Waals surface area contributed by atoms with Crippen LogP contribution < -0.4 is 15.5 Å². The fraction of sp³-hybridized carbons (Fsp3) is 0.417. The molecule has 9 nitrogen and oxygen atoms in total. The number of ketones is 1. The van der Waals surface area contributed by atoms with Crippen LogP contribution >= 0.6 is 11.3 Å². The summed E-state index contributed by atoms with van der Waals surface area (Å²) < 4.78 is 0. The second-order valence-corrected chi connectivity index (χ2v) is 9.98. The molecule has 0 radical (unpaired) electrons. The molecule has 2 aromatic heterocycles. The van der Waals surface area contributed by atoms with Crippen molar-refractivity contribution in [3.63, 3.8) is 0 Å². The molecule has 0 amide bonds. The predicted molar refractivity (Wildman–Crippen MR) is 143 cm³/mol. The molecular formula is C24H32BN7O2S. The van der Waals surface area contributed by atoms with Crippen LogP contribution in [0.15, 0.2) is 24.3 Å². The van der Waals surface area contributed by atoms with Gasteiger partial charge in [0.25, 0.3) is 0 Å². The van der Waals surface area contributed by atoms with E-state index in [1.165, 1.54) is 28.0 Å². The van der Waals surface area contributed by atoms with Gasteiger partial charge in [0.15, 0.2) is 10.9 Å². The van der Waals surface area contributed by atoms with E-state index in [0.29, 0.717) is 34.0 Å². The quantitative estimate of drug-likeness (QED) is 0.320. The van der Waals surface area contributed by atoms with Gasteiger partial charge >= 0.3 is 7.05 Å². The molecule has 184 valence electrons. The van der Waals surface area contributed by atoms with E-state index >= 15 is 0 Å². The van der Waals surface area contributed by atoms with Gasteiger partial charge in [-0.05, 0) is 44.3 Å². The standard InChI is InChI=1S/C24H32BN7O2S/c1-15-6-7-19(12-16(15)2)14-26-20-13-21(31-8-10-32(11-9-31)25(5)34)29-23(28-20)30-24-27-17(3)22(35-24)18(4)33/h6-7,12-13,34H,8-11,14H2,1-5H3,(H2,26,27,28,29,30). The first-order valence-electron chi connectivity index (χ1n) is 11.8. The Morgan fingerprint density at radius 3 is 2.46 bits per heavy atom. The SMILES string of the molecule is CB(O)N1CCN(c2cc(NCc3ccc(C)c(C)c3)nc(Nc3nc(C)c(C(C)=O)s3)n2)CC1. The average molecular weight is 493 g/mol. The number of aryl methyl sites for hydroxylation is 3. The third-order valence-corrected chi connectivity index (χ3v) is 7.43. The number of carbonyl (C=O) groups is 1. The van der Waals surface area contributed by atoms with Crippen LogP contribution in [0.3, 0.4) is 0 Å². The molecule has 0 saturated carbocycles. The Morgan fingerprint density at radius 1 is 1.09 bits per heavy atom. The molecule has 1 saturated heterocycles. The Bertz CT molecular complexity index is 1210. The van der Waals surface area contributed by atoms with Gasteiger partial charge in [-0.25, -0.2) is 4.98 Å². The number of nitrogens with zero attached hydrogens (tertiary/aromatic N) is 5. The highest BCUT2D eigenvalue weighted by Crippen LogP contribution is 2.27. The first-order valence-corrected chi connectivity index (χ1v) is 12.6. The zero-order chi connectivity index (χ0) is 25.1. The Hall–Kier alpha value is -3.02. The fourth-order valence-corrected chi connectivity index (χ4v) is 4.90. The van der Waals surface area contributed by atoms with Crippen molar-refractivity contribution in [3.8, 4) is 0 Å². The summed E-state index contributed by atoms with van der Waals surface area (Å²) in [6.45, 7) is 13.0. The largest absolute Gasteiger partial charge is 0.437 e. The van der Waals surface area contributed by atoms with Gasteiger partial charge < -0.3 is 20.1 Å². The highest BCUT2D eigenvalue weighted by atomic mass is 32.1. The maximum absolute atomic E-state index is 11.9. The maximum Gasteiger partial charge on any atom is 0.376 e. The number of hydrogen-bond acceptors (Lipinski definition) is 10. The summed E-state index contributed by atoms with van der Waals surface area (Å²) in [5.74, 6) is 1.92. The van der Waals surface area contributed by atoms with Crippen LogP contribution in [0, 0.1) is 20.8 Å². The van der Waals surface area contributed by atoms with Gasteiger partial charge in [0.2, 0.25) is 5.95 Å². The van der Waals surface area contributed by atoms with E-state index in [4.69, 9.17) is 4.98 Å². The first-order chi connectivity index (χ1) is 16.7. The number of thiazole rings is 1. The number of nitrogens with one attached hydrogen (secondary N) is 2. The van der Waals surface area contributed by atoms with E-state index < -0.39 is 7.05 Å². The molecule has 0 atom stereocenters. The molecule has 0 bridgehead atoms. The van der Waals surface area contributed by atoms with Crippen molar-refractivity contribution in [2.75, 3.05) is 41.7 Å². The Morgan fingerprint density at radius 2 is 1.83 bits per heavy atom. The molecule has 1 aromatic carbocycles. The van der Waals surface area contributed by atoms with Crippen molar-refractivity contribution >= 4 is 46.9 Å². The number of Topliss-reactive ketones (excluding diaryl/α,β-unsaturated/α-hetero) is 1. The van der Waals surface area contributed by atoms with Gasteiger partial charge in [-0.1, -0.05) is 29.5 Å². The molecule has 3 heterocycles. The van der Waals surface area contributed by atoms with Crippen LogP contribution in [0.4, 0.5) is 22.7 Å². The maximum atomic E-state index is 11.9. The summed E-state index contributed by atoms with van der Waals surface area (Å²) in [7, 11) is -0.460. The summed E-state index contributed by atoms with van der Waals surface area (Å²) in [6, 6.07) is 8.39. The smallest absolute Gasteiger partial charge is 0.376 e. The van der Waals surface area contributed by atoms with Gasteiger partial charge in [-0.15, -0.1) is 0 Å². The Labute approximate surface area is 210 Å². The molecule has 11 heteroatoms. The minimum Gasteiger partial charge on any atom is -0.437 e. The molecule has 3 N–H and O–H groups in total. The van der Waals surface area contributed by atoms with Gasteiger partial charge in [0, 0.05) is 45.7 Å². The molecule has 35 heavy (non-hydrogen) atoms. The third-order valence-electron chi connectivity index (χ3n) is 6.26. The number of rotatable bonds is 8. The van der Waals surface area contributed by atoms with Gasteiger partial charge in [-0.2, -0.15) is 9.97 Å². The van der Waals surface area contributed by atoms with Gasteiger partial charge in [-0.3, -0.25) is 10.1 Å². The van der Waals surface area contributed by atoms with Crippen molar-refractivity contribution in [2.24, 2.45) is 0 Å². The van der Waals surface area contributed by atoms with E-state index in [-0.39, 0.29) is 5.78 Å². The van der Waals surface area contributed by atoms with E-state index in [1.54, 1.807) is 13.7 Å². The summed E-state index contributed by atoms with van der Waals surface area (Å²) in [4.78, 5) is 30.6. The van der Waals surface area contributed by atoms with Crippen LogP contribution in [0.5, 0.6) is 0 Å². The Balaban J connectivity index is 1.58. The van der Waals surface area contributed by atoms with Gasteiger partial charge in [0.1, 0.15) is 11.6 Å².